The Morgan fingerprint density at radius 3 is 2.78 bits per heavy atom. The number of benzene rings is 1. The van der Waals surface area contributed by atoms with E-state index < -0.39 is 0 Å². The molecule has 5 heteroatoms. The minimum Gasteiger partial charge on any atom is -0.453 e. The van der Waals surface area contributed by atoms with Gasteiger partial charge < -0.3 is 10.1 Å². The van der Waals surface area contributed by atoms with Gasteiger partial charge in [-0.05, 0) is 12.1 Å². The molecule has 0 radical (unpaired) electrons. The van der Waals surface area contributed by atoms with Crippen LogP contribution in [0.25, 0.3) is 0 Å². The average Bonchev–Trinajstić information content (AvgIpc) is 2.36. The number of hydrogen-bond acceptors (Lipinski definition) is 3. The summed E-state index contributed by atoms with van der Waals surface area (Å²) in [5.41, 5.74) is 1.22. The topological polar surface area (TPSA) is 55.4 Å². The first-order valence-corrected chi connectivity index (χ1v) is 5.74. The molecule has 0 aliphatic rings. The van der Waals surface area contributed by atoms with Crippen LogP contribution in [0.2, 0.25) is 0 Å². The normalized spacial score (nSPS) is 9.00. The lowest BCUT2D eigenvalue weighted by Gasteiger charge is -2.04. The molecule has 0 heterocycles. The predicted molar refractivity (Wildman–Crippen MR) is 69.3 cm³/mol. The zero-order valence-corrected chi connectivity index (χ0v) is 10.6. The Labute approximate surface area is 110 Å². The Morgan fingerprint density at radius 2 is 2.11 bits per heavy atom. The summed E-state index contributed by atoms with van der Waals surface area (Å²) in [7, 11) is 0. The van der Waals surface area contributed by atoms with Crippen LogP contribution in [0.3, 0.4) is 0 Å². The van der Waals surface area contributed by atoms with E-state index in [-0.39, 0.29) is 24.4 Å². The molecule has 0 fully saturated rings. The van der Waals surface area contributed by atoms with Crippen molar-refractivity contribution in [3.63, 3.8) is 0 Å². The number of alkyl halides is 1. The van der Waals surface area contributed by atoms with Crippen LogP contribution in [-0.4, -0.2) is 24.4 Å². The third-order valence-corrected chi connectivity index (χ3v) is 2.14. The van der Waals surface area contributed by atoms with Gasteiger partial charge in [-0.3, -0.25) is 9.59 Å². The fraction of sp³-hybridized carbons (Fsp3) is 0.231. The Kier molecular flexibility index (Phi) is 5.75. The minimum absolute atomic E-state index is 0.0210. The lowest BCUT2D eigenvalue weighted by atomic mass is 10.2. The zero-order valence-electron chi connectivity index (χ0n) is 9.83. The van der Waals surface area contributed by atoms with Gasteiger partial charge in [-0.15, -0.1) is 11.6 Å². The molecule has 18 heavy (non-hydrogen) atoms. The van der Waals surface area contributed by atoms with Crippen molar-refractivity contribution in [3.8, 4) is 11.8 Å². The van der Waals surface area contributed by atoms with Gasteiger partial charge in [0.15, 0.2) is 6.61 Å². The van der Waals surface area contributed by atoms with Gasteiger partial charge in [0.05, 0.1) is 5.69 Å². The van der Waals surface area contributed by atoms with Crippen LogP contribution >= 0.6 is 11.6 Å². The van der Waals surface area contributed by atoms with E-state index in [1.165, 1.54) is 6.92 Å². The van der Waals surface area contributed by atoms with Crippen molar-refractivity contribution < 1.29 is 14.3 Å². The van der Waals surface area contributed by atoms with Gasteiger partial charge in [0.1, 0.15) is 5.88 Å². The molecule has 0 saturated heterocycles. The van der Waals surface area contributed by atoms with Crippen LogP contribution in [0, 0.1) is 11.8 Å². The summed E-state index contributed by atoms with van der Waals surface area (Å²) in [4.78, 5) is 21.7. The maximum Gasteiger partial charge on any atom is 0.303 e. The molecule has 1 amide bonds. The first kappa shape index (κ1) is 14.1. The Hall–Kier alpha value is -1.99. The molecular formula is C13H12ClNO3. The summed E-state index contributed by atoms with van der Waals surface area (Å²) in [6, 6.07) is 7.05. The number of para-hydroxylation sites is 1. The van der Waals surface area contributed by atoms with Gasteiger partial charge in [-0.2, -0.15) is 0 Å². The van der Waals surface area contributed by atoms with Crippen molar-refractivity contribution in [2.75, 3.05) is 17.8 Å². The van der Waals surface area contributed by atoms with Gasteiger partial charge in [-0.1, -0.05) is 24.0 Å². The van der Waals surface area contributed by atoms with Crippen molar-refractivity contribution in [2.45, 2.75) is 6.92 Å². The molecule has 4 nitrogen and oxygen atoms in total. The molecule has 1 aromatic rings. The first-order chi connectivity index (χ1) is 8.63. The van der Waals surface area contributed by atoms with E-state index in [1.807, 2.05) is 0 Å². The Morgan fingerprint density at radius 1 is 1.39 bits per heavy atom. The highest BCUT2D eigenvalue weighted by molar-refractivity contribution is 6.29. The van der Waals surface area contributed by atoms with Crippen LogP contribution in [0.4, 0.5) is 5.69 Å². The quantitative estimate of drug-likeness (QED) is 0.515. The predicted octanol–water partition coefficient (Wildman–Crippen LogP) is 1.78. The molecule has 0 unspecified atom stereocenters. The minimum atomic E-state index is -0.381. The van der Waals surface area contributed by atoms with E-state index >= 15 is 0 Å². The third-order valence-electron chi connectivity index (χ3n) is 1.89. The van der Waals surface area contributed by atoms with E-state index in [1.54, 1.807) is 24.3 Å². The Balaban J connectivity index is 2.75. The number of ether oxygens (including phenoxy) is 1. The number of carbonyl (C=O) groups is 2. The van der Waals surface area contributed by atoms with Crippen molar-refractivity contribution in [1.82, 2.24) is 0 Å². The SMILES string of the molecule is CC(=O)OCC#Cc1ccccc1NC(=O)CCl. The highest BCUT2D eigenvalue weighted by atomic mass is 35.5. The third kappa shape index (κ3) is 4.89. The second-order valence-electron chi connectivity index (χ2n) is 3.31. The van der Waals surface area contributed by atoms with Gasteiger partial charge in [0.2, 0.25) is 5.91 Å². The summed E-state index contributed by atoms with van der Waals surface area (Å²) < 4.78 is 4.68. The second kappa shape index (κ2) is 7.36. The van der Waals surface area contributed by atoms with Gasteiger partial charge >= 0.3 is 5.97 Å². The molecule has 1 N–H and O–H groups in total. The lowest BCUT2D eigenvalue weighted by Crippen LogP contribution is -2.13. The molecule has 0 aromatic heterocycles. The number of nitrogens with one attached hydrogen (secondary N) is 1. The number of esters is 1. The van der Waals surface area contributed by atoms with Crippen LogP contribution in [-0.2, 0) is 14.3 Å². The Bertz CT molecular complexity index is 502. The molecule has 0 atom stereocenters. The van der Waals surface area contributed by atoms with E-state index in [2.05, 4.69) is 21.9 Å². The molecule has 0 aliphatic heterocycles. The maximum absolute atomic E-state index is 11.2. The van der Waals surface area contributed by atoms with Crippen LogP contribution < -0.4 is 5.32 Å². The number of anilines is 1. The molecule has 1 aromatic carbocycles. The molecule has 0 bridgehead atoms. The van der Waals surface area contributed by atoms with E-state index in [4.69, 9.17) is 11.6 Å². The second-order valence-corrected chi connectivity index (χ2v) is 3.58. The summed E-state index contributed by atoms with van der Waals surface area (Å²) in [6.07, 6.45) is 0. The smallest absolute Gasteiger partial charge is 0.303 e. The first-order valence-electron chi connectivity index (χ1n) is 5.20. The number of carbonyl (C=O) groups excluding carboxylic acids is 2. The van der Waals surface area contributed by atoms with Crippen molar-refractivity contribution in [2.24, 2.45) is 0 Å². The van der Waals surface area contributed by atoms with Crippen molar-refractivity contribution in [3.05, 3.63) is 29.8 Å². The average molecular weight is 266 g/mol. The zero-order chi connectivity index (χ0) is 13.4. The highest BCUT2D eigenvalue weighted by Crippen LogP contribution is 2.13. The number of hydrogen-bond donors (Lipinski definition) is 1. The molecule has 94 valence electrons. The highest BCUT2D eigenvalue weighted by Gasteiger charge is 2.03. The molecular weight excluding hydrogens is 254 g/mol. The van der Waals surface area contributed by atoms with E-state index in [0.29, 0.717) is 11.3 Å². The van der Waals surface area contributed by atoms with Crippen molar-refractivity contribution in [1.29, 1.82) is 0 Å². The molecule has 0 saturated carbocycles. The van der Waals surface area contributed by atoms with Gasteiger partial charge in [0.25, 0.3) is 0 Å². The molecule has 0 aliphatic carbocycles. The fourth-order valence-electron chi connectivity index (χ4n) is 1.15. The van der Waals surface area contributed by atoms with Crippen LogP contribution in [0.1, 0.15) is 12.5 Å². The summed E-state index contributed by atoms with van der Waals surface area (Å²) in [6.45, 7) is 1.34. The lowest BCUT2D eigenvalue weighted by molar-refractivity contribution is -0.139. The molecule has 1 rings (SSSR count). The monoisotopic (exact) mass is 265 g/mol. The summed E-state index contributed by atoms with van der Waals surface area (Å²) in [5.74, 6) is 4.70. The standard InChI is InChI=1S/C13H12ClNO3/c1-10(16)18-8-4-6-11-5-2-3-7-12(11)15-13(17)9-14/h2-3,5,7H,8-9H2,1H3,(H,15,17). The number of halogens is 1. The number of amides is 1. The van der Waals surface area contributed by atoms with E-state index in [0.717, 1.165) is 0 Å². The van der Waals surface area contributed by atoms with E-state index in [9.17, 15) is 9.59 Å². The maximum atomic E-state index is 11.2. The fourth-order valence-corrected chi connectivity index (χ4v) is 1.22. The largest absolute Gasteiger partial charge is 0.453 e. The van der Waals surface area contributed by atoms with Gasteiger partial charge in [0, 0.05) is 12.5 Å². The van der Waals surface area contributed by atoms with Crippen LogP contribution in [0.5, 0.6) is 0 Å². The van der Waals surface area contributed by atoms with Crippen LogP contribution in [0.15, 0.2) is 24.3 Å². The van der Waals surface area contributed by atoms with Crippen molar-refractivity contribution >= 4 is 29.2 Å². The summed E-state index contributed by atoms with van der Waals surface area (Å²) in [5, 5.41) is 2.63. The van der Waals surface area contributed by atoms with Gasteiger partial charge in [-0.25, -0.2) is 0 Å². The number of rotatable bonds is 3. The molecule has 0 spiro atoms. The summed E-state index contributed by atoms with van der Waals surface area (Å²) >= 11 is 5.41.